The first-order chi connectivity index (χ1) is 9.33. The third-order valence-corrected chi connectivity index (χ3v) is 4.43. The molecule has 19 heavy (non-hydrogen) atoms. The molecule has 0 spiro atoms. The largest absolute Gasteiger partial charge is 0.373 e. The van der Waals surface area contributed by atoms with Crippen LogP contribution in [0.4, 0.5) is 0 Å². The topological polar surface area (TPSA) is 42.8 Å². The summed E-state index contributed by atoms with van der Waals surface area (Å²) in [4.78, 5) is 0. The summed E-state index contributed by atoms with van der Waals surface area (Å²) in [7, 11) is 0. The van der Waals surface area contributed by atoms with E-state index in [-0.39, 0.29) is 0 Å². The number of fused-ring (bicyclic) bond motifs is 2. The first kappa shape index (κ1) is 11.4. The number of aromatic amines is 1. The lowest BCUT2D eigenvalue weighted by Gasteiger charge is -2.21. The van der Waals surface area contributed by atoms with Crippen LogP contribution in [0.15, 0.2) is 30.3 Å². The van der Waals surface area contributed by atoms with Crippen LogP contribution in [0.2, 0.25) is 0 Å². The third kappa shape index (κ3) is 1.76. The highest BCUT2D eigenvalue weighted by atomic mass is 32.1. The normalized spacial score (nSPS) is 28.9. The summed E-state index contributed by atoms with van der Waals surface area (Å²) in [5.74, 6) is 0.923. The summed E-state index contributed by atoms with van der Waals surface area (Å²) >= 11 is 5.41. The third-order valence-electron chi connectivity index (χ3n) is 4.14. The maximum absolute atomic E-state index is 5.95. The lowest BCUT2D eigenvalue weighted by atomic mass is 9.95. The maximum atomic E-state index is 5.95. The number of nitrogens with zero attached hydrogens (tertiary/aromatic N) is 2. The molecule has 2 bridgehead atoms. The van der Waals surface area contributed by atoms with Gasteiger partial charge in [0, 0.05) is 5.56 Å². The zero-order chi connectivity index (χ0) is 12.8. The van der Waals surface area contributed by atoms with Gasteiger partial charge < -0.3 is 4.74 Å². The Morgan fingerprint density at radius 1 is 1.26 bits per heavy atom. The van der Waals surface area contributed by atoms with Crippen LogP contribution in [0, 0.1) is 4.77 Å². The minimum atomic E-state index is 0.303. The summed E-state index contributed by atoms with van der Waals surface area (Å²) < 4.78 is 8.79. The molecule has 2 saturated heterocycles. The van der Waals surface area contributed by atoms with Gasteiger partial charge in [0.05, 0.1) is 18.2 Å². The second-order valence-electron chi connectivity index (χ2n) is 5.27. The Balaban J connectivity index is 1.80. The smallest absolute Gasteiger partial charge is 0.195 e. The van der Waals surface area contributed by atoms with Crippen molar-refractivity contribution in [2.24, 2.45) is 0 Å². The van der Waals surface area contributed by atoms with Crippen molar-refractivity contribution in [1.29, 1.82) is 0 Å². The molecule has 98 valence electrons. The average molecular weight is 273 g/mol. The van der Waals surface area contributed by atoms with Crippen molar-refractivity contribution in [3.63, 3.8) is 0 Å². The van der Waals surface area contributed by atoms with Gasteiger partial charge in [0.1, 0.15) is 0 Å². The van der Waals surface area contributed by atoms with Crippen LogP contribution >= 0.6 is 12.2 Å². The van der Waals surface area contributed by atoms with Gasteiger partial charge in [-0.2, -0.15) is 5.10 Å². The summed E-state index contributed by atoms with van der Waals surface area (Å²) in [5.41, 5.74) is 1.10. The van der Waals surface area contributed by atoms with Crippen LogP contribution in [0.5, 0.6) is 0 Å². The molecule has 4 rings (SSSR count). The van der Waals surface area contributed by atoms with E-state index < -0.39 is 0 Å². The van der Waals surface area contributed by atoms with Gasteiger partial charge in [0.2, 0.25) is 0 Å². The highest BCUT2D eigenvalue weighted by molar-refractivity contribution is 7.71. The quantitative estimate of drug-likeness (QED) is 0.855. The van der Waals surface area contributed by atoms with E-state index in [4.69, 9.17) is 17.0 Å². The number of hydrogen-bond donors (Lipinski definition) is 1. The molecule has 3 atom stereocenters. The zero-order valence-corrected chi connectivity index (χ0v) is 11.3. The lowest BCUT2D eigenvalue weighted by Crippen LogP contribution is -2.21. The number of ether oxygens (including phenoxy) is 1. The Bertz CT molecular complexity index is 648. The van der Waals surface area contributed by atoms with E-state index in [9.17, 15) is 0 Å². The van der Waals surface area contributed by atoms with Crippen molar-refractivity contribution in [2.45, 2.75) is 37.5 Å². The molecule has 1 aromatic heterocycles. The summed E-state index contributed by atoms with van der Waals surface area (Å²) in [5, 5.41) is 7.34. The van der Waals surface area contributed by atoms with E-state index in [0.717, 1.165) is 24.2 Å². The predicted molar refractivity (Wildman–Crippen MR) is 74.4 cm³/mol. The molecule has 0 aliphatic carbocycles. The van der Waals surface area contributed by atoms with Gasteiger partial charge in [-0.15, -0.1) is 0 Å². The predicted octanol–water partition coefficient (Wildman–Crippen LogP) is 3.10. The van der Waals surface area contributed by atoms with E-state index in [1.807, 2.05) is 18.2 Å². The molecule has 2 fully saturated rings. The van der Waals surface area contributed by atoms with Crippen LogP contribution in [0.1, 0.15) is 25.3 Å². The SMILES string of the molecule is S=c1[nH]nc(-c2ccccc2)n1C1CC2CCC1O2. The van der Waals surface area contributed by atoms with Gasteiger partial charge in [-0.3, -0.25) is 9.67 Å². The minimum Gasteiger partial charge on any atom is -0.373 e. The number of rotatable bonds is 2. The van der Waals surface area contributed by atoms with Crippen LogP contribution < -0.4 is 0 Å². The standard InChI is InChI=1S/C14H15N3OS/c19-14-16-15-13(9-4-2-1-3-5-9)17(14)11-8-10-6-7-12(11)18-10/h1-5,10-12H,6-8H2,(H,16,19). The zero-order valence-electron chi connectivity index (χ0n) is 10.5. The van der Waals surface area contributed by atoms with E-state index in [2.05, 4.69) is 26.9 Å². The van der Waals surface area contributed by atoms with Crippen LogP contribution in [-0.2, 0) is 4.74 Å². The van der Waals surface area contributed by atoms with Gasteiger partial charge in [-0.1, -0.05) is 30.3 Å². The maximum Gasteiger partial charge on any atom is 0.195 e. The van der Waals surface area contributed by atoms with Crippen LogP contribution in [-0.4, -0.2) is 27.0 Å². The first-order valence-corrected chi connectivity index (χ1v) is 7.11. The molecule has 1 aromatic carbocycles. The fraction of sp³-hybridized carbons (Fsp3) is 0.429. The number of hydrogen-bond acceptors (Lipinski definition) is 3. The van der Waals surface area contributed by atoms with Crippen molar-refractivity contribution in [1.82, 2.24) is 14.8 Å². The van der Waals surface area contributed by atoms with Gasteiger partial charge in [-0.05, 0) is 31.5 Å². The molecular formula is C14H15N3OS. The highest BCUT2D eigenvalue weighted by Gasteiger charge is 2.42. The Hall–Kier alpha value is -1.46. The number of benzene rings is 1. The molecule has 2 aromatic rings. The van der Waals surface area contributed by atoms with E-state index in [0.29, 0.717) is 23.0 Å². The van der Waals surface area contributed by atoms with Crippen molar-refractivity contribution >= 4 is 12.2 Å². The molecule has 4 nitrogen and oxygen atoms in total. The molecule has 3 unspecified atom stereocenters. The van der Waals surface area contributed by atoms with Crippen molar-refractivity contribution < 1.29 is 4.74 Å². The van der Waals surface area contributed by atoms with Crippen molar-refractivity contribution in [2.75, 3.05) is 0 Å². The van der Waals surface area contributed by atoms with E-state index in [1.165, 1.54) is 6.42 Å². The lowest BCUT2D eigenvalue weighted by molar-refractivity contribution is 0.0938. The van der Waals surface area contributed by atoms with Crippen molar-refractivity contribution in [3.05, 3.63) is 35.1 Å². The van der Waals surface area contributed by atoms with Gasteiger partial charge in [-0.25, -0.2) is 0 Å². The Kier molecular flexibility index (Phi) is 2.56. The molecule has 5 heteroatoms. The first-order valence-electron chi connectivity index (χ1n) is 6.71. The fourth-order valence-corrected chi connectivity index (χ4v) is 3.55. The summed E-state index contributed by atoms with van der Waals surface area (Å²) in [6.07, 6.45) is 4.09. The van der Waals surface area contributed by atoms with Crippen LogP contribution in [0.3, 0.4) is 0 Å². The monoisotopic (exact) mass is 273 g/mol. The van der Waals surface area contributed by atoms with Crippen LogP contribution in [0.25, 0.3) is 11.4 Å². The summed E-state index contributed by atoms with van der Waals surface area (Å²) in [6, 6.07) is 10.5. The highest BCUT2D eigenvalue weighted by Crippen LogP contribution is 2.43. The summed E-state index contributed by atoms with van der Waals surface area (Å²) in [6.45, 7) is 0. The molecule has 0 amide bonds. The van der Waals surface area contributed by atoms with Crippen molar-refractivity contribution in [3.8, 4) is 11.4 Å². The minimum absolute atomic E-state index is 0.303. The van der Waals surface area contributed by atoms with E-state index in [1.54, 1.807) is 0 Å². The second kappa shape index (κ2) is 4.28. The Morgan fingerprint density at radius 3 is 2.79 bits per heavy atom. The Morgan fingerprint density at radius 2 is 2.11 bits per heavy atom. The van der Waals surface area contributed by atoms with E-state index >= 15 is 0 Å². The molecule has 0 radical (unpaired) electrons. The molecule has 1 N–H and O–H groups in total. The number of H-pyrrole nitrogens is 1. The molecule has 2 aliphatic heterocycles. The number of aromatic nitrogens is 3. The molecule has 2 aliphatic rings. The fourth-order valence-electron chi connectivity index (χ4n) is 3.29. The average Bonchev–Trinajstić information content (AvgIpc) is 3.14. The Labute approximate surface area is 116 Å². The molecule has 0 saturated carbocycles. The molecule has 3 heterocycles. The van der Waals surface area contributed by atoms with Gasteiger partial charge >= 0.3 is 0 Å². The van der Waals surface area contributed by atoms with Gasteiger partial charge in [0.15, 0.2) is 10.6 Å². The number of nitrogens with one attached hydrogen (secondary N) is 1. The van der Waals surface area contributed by atoms with Gasteiger partial charge in [0.25, 0.3) is 0 Å². The molecular weight excluding hydrogens is 258 g/mol. The second-order valence-corrected chi connectivity index (χ2v) is 5.65.